The van der Waals surface area contributed by atoms with E-state index in [-0.39, 0.29) is 5.92 Å². The fraction of sp³-hybridized carbons (Fsp3) is 0.462. The van der Waals surface area contributed by atoms with Crippen molar-refractivity contribution >= 4 is 0 Å². The third kappa shape index (κ3) is 2.92. The first-order valence-electron chi connectivity index (χ1n) is 6.10. The molecule has 2 atom stereocenters. The van der Waals surface area contributed by atoms with Crippen LogP contribution in [-0.2, 0) is 6.42 Å². The summed E-state index contributed by atoms with van der Waals surface area (Å²) in [4.78, 5) is 8.27. The largest absolute Gasteiger partial charge is 0.392 e. The van der Waals surface area contributed by atoms with Crippen LogP contribution in [0.3, 0.4) is 0 Å². The minimum absolute atomic E-state index is 0.131. The van der Waals surface area contributed by atoms with Crippen LogP contribution in [0, 0.1) is 0 Å². The maximum atomic E-state index is 9.74. The van der Waals surface area contributed by atoms with Crippen LogP contribution in [0.4, 0.5) is 0 Å². The summed E-state index contributed by atoms with van der Waals surface area (Å²) in [6.45, 7) is 3.81. The Balaban J connectivity index is 2.07. The van der Waals surface area contributed by atoms with Gasteiger partial charge in [-0.2, -0.15) is 4.98 Å². The molecule has 1 N–H and O–H groups in total. The monoisotopic (exact) mass is 247 g/mol. The Kier molecular flexibility index (Phi) is 4.04. The van der Waals surface area contributed by atoms with Gasteiger partial charge in [-0.25, -0.2) is 0 Å². The minimum atomic E-state index is -0.445. The van der Waals surface area contributed by atoms with Crippen molar-refractivity contribution in [3.63, 3.8) is 0 Å². The lowest BCUT2D eigenvalue weighted by atomic mass is 10.0. The fourth-order valence-electron chi connectivity index (χ4n) is 1.73. The third-order valence-electron chi connectivity index (χ3n) is 2.98. The van der Waals surface area contributed by atoms with Crippen LogP contribution in [0.15, 0.2) is 29.0 Å². The second-order valence-electron chi connectivity index (χ2n) is 4.35. The SMILES string of the molecule is CCC(O)C(C)c1nc(Cc2ccncc2)no1. The van der Waals surface area contributed by atoms with Crippen molar-refractivity contribution in [2.75, 3.05) is 0 Å². The van der Waals surface area contributed by atoms with Gasteiger partial charge in [0.1, 0.15) is 0 Å². The molecule has 0 fully saturated rings. The van der Waals surface area contributed by atoms with Gasteiger partial charge in [-0.1, -0.05) is 19.0 Å². The summed E-state index contributed by atoms with van der Waals surface area (Å²) in [7, 11) is 0. The molecule has 18 heavy (non-hydrogen) atoms. The molecule has 2 aromatic heterocycles. The Hall–Kier alpha value is -1.75. The van der Waals surface area contributed by atoms with Gasteiger partial charge in [0.25, 0.3) is 0 Å². The highest BCUT2D eigenvalue weighted by atomic mass is 16.5. The molecule has 96 valence electrons. The van der Waals surface area contributed by atoms with E-state index < -0.39 is 6.10 Å². The average Bonchev–Trinajstić information content (AvgIpc) is 2.86. The summed E-state index contributed by atoms with van der Waals surface area (Å²) in [5.74, 6) is 0.994. The van der Waals surface area contributed by atoms with Crippen molar-refractivity contribution in [2.45, 2.75) is 38.7 Å². The van der Waals surface area contributed by atoms with Gasteiger partial charge >= 0.3 is 0 Å². The van der Waals surface area contributed by atoms with Crippen LogP contribution in [0.5, 0.6) is 0 Å². The molecule has 0 saturated heterocycles. The molecule has 5 heteroatoms. The Labute approximate surface area is 106 Å². The van der Waals surface area contributed by atoms with Crippen LogP contribution < -0.4 is 0 Å². The van der Waals surface area contributed by atoms with E-state index in [1.165, 1.54) is 0 Å². The van der Waals surface area contributed by atoms with Gasteiger partial charge in [-0.05, 0) is 24.1 Å². The van der Waals surface area contributed by atoms with Gasteiger partial charge in [0.2, 0.25) is 5.89 Å². The van der Waals surface area contributed by atoms with E-state index in [2.05, 4.69) is 15.1 Å². The number of rotatable bonds is 5. The van der Waals surface area contributed by atoms with E-state index in [9.17, 15) is 5.11 Å². The zero-order valence-corrected chi connectivity index (χ0v) is 10.6. The number of pyridine rings is 1. The molecule has 2 aromatic rings. The topological polar surface area (TPSA) is 72.0 Å². The predicted molar refractivity (Wildman–Crippen MR) is 66.1 cm³/mol. The van der Waals surface area contributed by atoms with E-state index in [1.807, 2.05) is 26.0 Å². The smallest absolute Gasteiger partial charge is 0.232 e. The van der Waals surface area contributed by atoms with E-state index in [1.54, 1.807) is 12.4 Å². The lowest BCUT2D eigenvalue weighted by molar-refractivity contribution is 0.129. The second kappa shape index (κ2) is 5.73. The van der Waals surface area contributed by atoms with Crippen LogP contribution >= 0.6 is 0 Å². The predicted octanol–water partition coefficient (Wildman–Crippen LogP) is 1.93. The van der Waals surface area contributed by atoms with Crippen molar-refractivity contribution in [2.24, 2.45) is 0 Å². The molecule has 0 amide bonds. The molecule has 2 unspecified atom stereocenters. The number of aliphatic hydroxyl groups is 1. The zero-order valence-electron chi connectivity index (χ0n) is 10.6. The molecule has 0 aliphatic carbocycles. The van der Waals surface area contributed by atoms with Crippen molar-refractivity contribution < 1.29 is 9.63 Å². The van der Waals surface area contributed by atoms with Crippen molar-refractivity contribution in [3.05, 3.63) is 41.8 Å². The summed E-state index contributed by atoms with van der Waals surface area (Å²) in [6, 6.07) is 3.83. The van der Waals surface area contributed by atoms with E-state index >= 15 is 0 Å². The molecule has 0 aromatic carbocycles. The molecule has 0 spiro atoms. The van der Waals surface area contributed by atoms with Gasteiger partial charge in [-0.3, -0.25) is 4.98 Å². The Morgan fingerprint density at radius 2 is 2.06 bits per heavy atom. The molecular weight excluding hydrogens is 230 g/mol. The maximum Gasteiger partial charge on any atom is 0.232 e. The summed E-state index contributed by atoms with van der Waals surface area (Å²) in [5, 5.41) is 13.7. The fourth-order valence-corrected chi connectivity index (χ4v) is 1.73. The maximum absolute atomic E-state index is 9.74. The molecule has 0 aliphatic rings. The minimum Gasteiger partial charge on any atom is -0.392 e. The third-order valence-corrected chi connectivity index (χ3v) is 2.98. The van der Waals surface area contributed by atoms with Crippen LogP contribution in [0.2, 0.25) is 0 Å². The van der Waals surface area contributed by atoms with Gasteiger partial charge in [0, 0.05) is 18.8 Å². The van der Waals surface area contributed by atoms with Gasteiger partial charge in [0.05, 0.1) is 12.0 Å². The Morgan fingerprint density at radius 1 is 1.33 bits per heavy atom. The lowest BCUT2D eigenvalue weighted by Gasteiger charge is -2.11. The molecule has 0 bridgehead atoms. The zero-order chi connectivity index (χ0) is 13.0. The van der Waals surface area contributed by atoms with Gasteiger partial charge in [0.15, 0.2) is 5.82 Å². The first kappa shape index (κ1) is 12.7. The highest BCUT2D eigenvalue weighted by molar-refractivity contribution is 5.15. The van der Waals surface area contributed by atoms with E-state index in [0.29, 0.717) is 24.6 Å². The summed E-state index contributed by atoms with van der Waals surface area (Å²) >= 11 is 0. The number of aromatic nitrogens is 3. The molecule has 0 radical (unpaired) electrons. The normalized spacial score (nSPS) is 14.4. The van der Waals surface area contributed by atoms with Gasteiger partial charge < -0.3 is 9.63 Å². The van der Waals surface area contributed by atoms with Gasteiger partial charge in [-0.15, -0.1) is 0 Å². The van der Waals surface area contributed by atoms with Crippen LogP contribution in [0.1, 0.15) is 43.5 Å². The van der Waals surface area contributed by atoms with Crippen LogP contribution in [-0.4, -0.2) is 26.3 Å². The highest BCUT2D eigenvalue weighted by Crippen LogP contribution is 2.19. The lowest BCUT2D eigenvalue weighted by Crippen LogP contribution is -2.14. The molecular formula is C13H17N3O2. The first-order valence-corrected chi connectivity index (χ1v) is 6.10. The summed E-state index contributed by atoms with van der Waals surface area (Å²) < 4.78 is 5.18. The number of nitrogens with zero attached hydrogens (tertiary/aromatic N) is 3. The standard InChI is InChI=1S/C13H17N3O2/c1-3-11(17)9(2)13-15-12(16-18-13)8-10-4-6-14-7-5-10/h4-7,9,11,17H,3,8H2,1-2H3. The molecule has 0 saturated carbocycles. The van der Waals surface area contributed by atoms with Crippen molar-refractivity contribution in [1.29, 1.82) is 0 Å². The number of aliphatic hydroxyl groups excluding tert-OH is 1. The van der Waals surface area contributed by atoms with E-state index in [4.69, 9.17) is 4.52 Å². The Bertz CT molecular complexity index is 484. The first-order chi connectivity index (χ1) is 8.70. The number of hydrogen-bond acceptors (Lipinski definition) is 5. The summed E-state index contributed by atoms with van der Waals surface area (Å²) in [5.41, 5.74) is 1.08. The molecule has 2 heterocycles. The molecule has 5 nitrogen and oxygen atoms in total. The number of hydrogen-bond donors (Lipinski definition) is 1. The Morgan fingerprint density at radius 3 is 2.72 bits per heavy atom. The molecule has 2 rings (SSSR count). The van der Waals surface area contributed by atoms with Crippen molar-refractivity contribution in [1.82, 2.24) is 15.1 Å². The second-order valence-corrected chi connectivity index (χ2v) is 4.35. The average molecular weight is 247 g/mol. The van der Waals surface area contributed by atoms with Crippen LogP contribution in [0.25, 0.3) is 0 Å². The van der Waals surface area contributed by atoms with E-state index in [0.717, 1.165) is 5.56 Å². The highest BCUT2D eigenvalue weighted by Gasteiger charge is 2.20. The van der Waals surface area contributed by atoms with Crippen molar-refractivity contribution in [3.8, 4) is 0 Å². The quantitative estimate of drug-likeness (QED) is 0.874. The molecule has 0 aliphatic heterocycles. The summed E-state index contributed by atoms with van der Waals surface area (Å²) in [6.07, 6.45) is 4.31.